The van der Waals surface area contributed by atoms with Crippen LogP contribution in [0.15, 0.2) is 66.7 Å². The molecule has 2 N–H and O–H groups in total. The highest BCUT2D eigenvalue weighted by Gasteiger charge is 2.13. The maximum atomic E-state index is 12.6. The van der Waals surface area contributed by atoms with Gasteiger partial charge >= 0.3 is 0 Å². The Hall–Kier alpha value is -3.80. The number of amides is 2. The monoisotopic (exact) mass is 404 g/mol. The van der Waals surface area contributed by atoms with Gasteiger partial charge in [-0.3, -0.25) is 9.59 Å². The summed E-state index contributed by atoms with van der Waals surface area (Å²) in [5.41, 5.74) is 3.15. The first-order chi connectivity index (χ1) is 14.5. The third-order valence-electron chi connectivity index (χ3n) is 4.43. The molecule has 0 fully saturated rings. The van der Waals surface area contributed by atoms with Crippen LogP contribution in [-0.4, -0.2) is 25.5 Å². The normalized spacial score (nSPS) is 10.2. The predicted octanol–water partition coefficient (Wildman–Crippen LogP) is 4.91. The maximum absolute atomic E-state index is 12.6. The molecule has 0 bridgehead atoms. The van der Waals surface area contributed by atoms with Crippen LogP contribution in [-0.2, 0) is 0 Å². The Kier molecular flexibility index (Phi) is 6.70. The second-order valence-electron chi connectivity index (χ2n) is 6.65. The van der Waals surface area contributed by atoms with Crippen LogP contribution < -0.4 is 20.1 Å². The van der Waals surface area contributed by atoms with E-state index in [-0.39, 0.29) is 11.8 Å². The lowest BCUT2D eigenvalue weighted by Gasteiger charge is -2.11. The zero-order chi connectivity index (χ0) is 21.5. The fraction of sp³-hybridized carbons (Fsp3) is 0.167. The van der Waals surface area contributed by atoms with Crippen LogP contribution in [0.4, 0.5) is 11.4 Å². The van der Waals surface area contributed by atoms with Gasteiger partial charge in [-0.15, -0.1) is 0 Å². The quantitative estimate of drug-likeness (QED) is 0.587. The summed E-state index contributed by atoms with van der Waals surface area (Å²) in [7, 11) is 1.53. The number of carbonyl (C=O) groups excluding carboxylic acids is 2. The van der Waals surface area contributed by atoms with Gasteiger partial charge < -0.3 is 20.1 Å². The van der Waals surface area contributed by atoms with Crippen LogP contribution in [0, 0.1) is 6.92 Å². The average molecular weight is 404 g/mol. The topological polar surface area (TPSA) is 76.7 Å². The van der Waals surface area contributed by atoms with Crippen molar-refractivity contribution in [2.45, 2.75) is 13.8 Å². The number of carbonyl (C=O) groups is 2. The third kappa shape index (κ3) is 5.17. The molecule has 0 aliphatic rings. The van der Waals surface area contributed by atoms with Gasteiger partial charge in [-0.25, -0.2) is 0 Å². The molecule has 3 rings (SSSR count). The highest BCUT2D eigenvalue weighted by Crippen LogP contribution is 2.22. The minimum absolute atomic E-state index is 0.239. The fourth-order valence-electron chi connectivity index (χ4n) is 2.91. The number of rotatable bonds is 7. The molecule has 3 aromatic rings. The lowest BCUT2D eigenvalue weighted by atomic mass is 10.1. The van der Waals surface area contributed by atoms with Crippen LogP contribution >= 0.6 is 0 Å². The van der Waals surface area contributed by atoms with Gasteiger partial charge in [0.2, 0.25) is 0 Å². The van der Waals surface area contributed by atoms with Gasteiger partial charge in [0.1, 0.15) is 11.5 Å². The predicted molar refractivity (Wildman–Crippen MR) is 118 cm³/mol. The molecule has 0 unspecified atom stereocenters. The molecule has 0 aliphatic heterocycles. The van der Waals surface area contributed by atoms with E-state index >= 15 is 0 Å². The highest BCUT2D eigenvalue weighted by molar-refractivity contribution is 6.07. The first-order valence-electron chi connectivity index (χ1n) is 9.60. The summed E-state index contributed by atoms with van der Waals surface area (Å²) in [6, 6.07) is 19.3. The second kappa shape index (κ2) is 9.60. The van der Waals surface area contributed by atoms with Gasteiger partial charge in [0, 0.05) is 16.9 Å². The molecule has 0 aromatic heterocycles. The molecule has 0 atom stereocenters. The summed E-state index contributed by atoms with van der Waals surface area (Å²) in [6.45, 7) is 4.42. The first-order valence-corrected chi connectivity index (χ1v) is 9.60. The molecule has 6 nitrogen and oxygen atoms in total. The van der Waals surface area contributed by atoms with Gasteiger partial charge in [0.05, 0.1) is 19.3 Å². The number of methoxy groups -OCH3 is 1. The van der Waals surface area contributed by atoms with Crippen molar-refractivity contribution in [3.05, 3.63) is 83.4 Å². The van der Waals surface area contributed by atoms with E-state index in [9.17, 15) is 9.59 Å². The standard InChI is InChI=1S/C24H24N2O4/c1-4-30-20-12-10-19(11-13-20)25-23(27)17-6-8-18(9-7-17)26-24(28)21-15-16(2)5-14-22(21)29-3/h5-15H,4H2,1-3H3,(H,25,27)(H,26,28). The molecule has 30 heavy (non-hydrogen) atoms. The Bertz CT molecular complexity index is 1030. The van der Waals surface area contributed by atoms with Crippen LogP contribution in [0.1, 0.15) is 33.2 Å². The summed E-state index contributed by atoms with van der Waals surface area (Å²) in [5.74, 6) is 0.741. The van der Waals surface area contributed by atoms with E-state index in [0.29, 0.717) is 34.9 Å². The molecule has 2 amide bonds. The molecule has 0 saturated carbocycles. The number of hydrogen-bond donors (Lipinski definition) is 2. The van der Waals surface area contributed by atoms with Crippen molar-refractivity contribution < 1.29 is 19.1 Å². The van der Waals surface area contributed by atoms with Crippen molar-refractivity contribution in [3.63, 3.8) is 0 Å². The Morgan fingerprint density at radius 1 is 0.833 bits per heavy atom. The van der Waals surface area contributed by atoms with Crippen LogP contribution in [0.3, 0.4) is 0 Å². The second-order valence-corrected chi connectivity index (χ2v) is 6.65. The van der Waals surface area contributed by atoms with E-state index < -0.39 is 0 Å². The third-order valence-corrected chi connectivity index (χ3v) is 4.43. The Labute approximate surface area is 175 Å². The van der Waals surface area contributed by atoms with E-state index in [2.05, 4.69) is 10.6 Å². The van der Waals surface area contributed by atoms with Crippen molar-refractivity contribution in [1.29, 1.82) is 0 Å². The average Bonchev–Trinajstić information content (AvgIpc) is 2.75. The zero-order valence-electron chi connectivity index (χ0n) is 17.2. The lowest BCUT2D eigenvalue weighted by Crippen LogP contribution is -2.14. The van der Waals surface area contributed by atoms with E-state index in [1.807, 2.05) is 19.9 Å². The number of anilines is 2. The molecule has 0 spiro atoms. The zero-order valence-corrected chi connectivity index (χ0v) is 17.2. The molecule has 6 heteroatoms. The molecular weight excluding hydrogens is 380 g/mol. The minimum atomic E-state index is -0.276. The summed E-state index contributed by atoms with van der Waals surface area (Å²) in [6.07, 6.45) is 0. The number of benzene rings is 3. The van der Waals surface area contributed by atoms with Gasteiger partial charge in [0.15, 0.2) is 0 Å². The molecule has 154 valence electrons. The SMILES string of the molecule is CCOc1ccc(NC(=O)c2ccc(NC(=O)c3cc(C)ccc3OC)cc2)cc1. The first kappa shape index (κ1) is 20.9. The van der Waals surface area contributed by atoms with Gasteiger partial charge in [-0.1, -0.05) is 11.6 Å². The number of ether oxygens (including phenoxy) is 2. The Balaban J connectivity index is 1.65. The molecule has 0 heterocycles. The van der Waals surface area contributed by atoms with Gasteiger partial charge in [-0.2, -0.15) is 0 Å². The summed E-state index contributed by atoms with van der Waals surface area (Å²) in [4.78, 5) is 25.1. The summed E-state index contributed by atoms with van der Waals surface area (Å²) >= 11 is 0. The van der Waals surface area contributed by atoms with Crippen LogP contribution in [0.2, 0.25) is 0 Å². The van der Waals surface area contributed by atoms with Gasteiger partial charge in [0.25, 0.3) is 11.8 Å². The number of nitrogens with one attached hydrogen (secondary N) is 2. The van der Waals surface area contributed by atoms with Crippen molar-refractivity contribution in [3.8, 4) is 11.5 Å². The minimum Gasteiger partial charge on any atom is -0.496 e. The fourth-order valence-corrected chi connectivity index (χ4v) is 2.91. The van der Waals surface area contributed by atoms with E-state index in [1.165, 1.54) is 7.11 Å². The van der Waals surface area contributed by atoms with E-state index in [4.69, 9.17) is 9.47 Å². The van der Waals surface area contributed by atoms with E-state index in [1.54, 1.807) is 60.7 Å². The summed E-state index contributed by atoms with van der Waals surface area (Å²) in [5, 5.41) is 5.67. The molecule has 0 radical (unpaired) electrons. The van der Waals surface area contributed by atoms with Crippen molar-refractivity contribution >= 4 is 23.2 Å². The van der Waals surface area contributed by atoms with Crippen LogP contribution in [0.25, 0.3) is 0 Å². The van der Waals surface area contributed by atoms with Gasteiger partial charge in [-0.05, 0) is 74.5 Å². The maximum Gasteiger partial charge on any atom is 0.259 e. The highest BCUT2D eigenvalue weighted by atomic mass is 16.5. The lowest BCUT2D eigenvalue weighted by molar-refractivity contribution is 0.101. The number of hydrogen-bond acceptors (Lipinski definition) is 4. The smallest absolute Gasteiger partial charge is 0.259 e. The molecule has 0 saturated heterocycles. The van der Waals surface area contributed by atoms with Crippen LogP contribution in [0.5, 0.6) is 11.5 Å². The largest absolute Gasteiger partial charge is 0.496 e. The number of aryl methyl sites for hydroxylation is 1. The molecule has 3 aromatic carbocycles. The molecular formula is C24H24N2O4. The Morgan fingerprint density at radius 3 is 2.03 bits per heavy atom. The molecule has 0 aliphatic carbocycles. The van der Waals surface area contributed by atoms with E-state index in [0.717, 1.165) is 11.3 Å². The van der Waals surface area contributed by atoms with Crippen molar-refractivity contribution in [1.82, 2.24) is 0 Å². The van der Waals surface area contributed by atoms with Crippen molar-refractivity contribution in [2.24, 2.45) is 0 Å². The Morgan fingerprint density at radius 2 is 1.43 bits per heavy atom. The summed E-state index contributed by atoms with van der Waals surface area (Å²) < 4.78 is 10.7. The van der Waals surface area contributed by atoms with Crippen molar-refractivity contribution in [2.75, 3.05) is 24.4 Å².